The summed E-state index contributed by atoms with van der Waals surface area (Å²) in [5.41, 5.74) is 3.34. The van der Waals surface area contributed by atoms with Crippen molar-refractivity contribution < 1.29 is 19.0 Å². The highest BCUT2D eigenvalue weighted by molar-refractivity contribution is 6.06. The molecule has 0 saturated heterocycles. The molecule has 6 heteroatoms. The third kappa shape index (κ3) is 3.76. The summed E-state index contributed by atoms with van der Waals surface area (Å²) in [7, 11) is 4.56. The van der Waals surface area contributed by atoms with Gasteiger partial charge in [-0.25, -0.2) is 0 Å². The smallest absolute Gasteiger partial charge is 0.255 e. The molecular formula is C22H26N2O4. The fourth-order valence-corrected chi connectivity index (χ4v) is 3.03. The van der Waals surface area contributed by atoms with Gasteiger partial charge in [0.2, 0.25) is 5.75 Å². The maximum absolute atomic E-state index is 12.8. The van der Waals surface area contributed by atoms with Crippen LogP contribution in [0.4, 0.5) is 5.69 Å². The number of H-pyrrole nitrogens is 1. The van der Waals surface area contributed by atoms with Gasteiger partial charge in [-0.1, -0.05) is 20.8 Å². The zero-order valence-electron chi connectivity index (χ0n) is 17.1. The molecule has 3 rings (SSSR count). The van der Waals surface area contributed by atoms with Crippen molar-refractivity contribution in [1.82, 2.24) is 4.98 Å². The SMILES string of the molecule is COc1cc(C(=O)Nc2ccc3[nH]c(C(C)(C)C)cc3c2)cc(OC)c1OC. The van der Waals surface area contributed by atoms with Crippen molar-refractivity contribution in [3.05, 3.63) is 47.7 Å². The Morgan fingerprint density at radius 3 is 2.11 bits per heavy atom. The highest BCUT2D eigenvalue weighted by Crippen LogP contribution is 2.38. The van der Waals surface area contributed by atoms with Gasteiger partial charge in [0.15, 0.2) is 11.5 Å². The summed E-state index contributed by atoms with van der Waals surface area (Å²) in [6.07, 6.45) is 0. The number of nitrogens with one attached hydrogen (secondary N) is 2. The van der Waals surface area contributed by atoms with Crippen LogP contribution < -0.4 is 19.5 Å². The van der Waals surface area contributed by atoms with Crippen molar-refractivity contribution in [1.29, 1.82) is 0 Å². The topological polar surface area (TPSA) is 72.6 Å². The molecule has 1 heterocycles. The second kappa shape index (κ2) is 7.46. The molecule has 1 aromatic heterocycles. The Morgan fingerprint density at radius 2 is 1.57 bits per heavy atom. The van der Waals surface area contributed by atoms with E-state index in [0.29, 0.717) is 28.5 Å². The van der Waals surface area contributed by atoms with Crippen LogP contribution in [0.15, 0.2) is 36.4 Å². The van der Waals surface area contributed by atoms with Crippen LogP contribution in [0.2, 0.25) is 0 Å². The Kier molecular flexibility index (Phi) is 5.23. The Bertz CT molecular complexity index is 990. The molecule has 3 aromatic rings. The van der Waals surface area contributed by atoms with E-state index in [0.717, 1.165) is 16.6 Å². The molecule has 0 unspecified atom stereocenters. The van der Waals surface area contributed by atoms with Gasteiger partial charge in [-0.05, 0) is 36.4 Å². The minimum atomic E-state index is -0.259. The normalized spacial score (nSPS) is 11.4. The van der Waals surface area contributed by atoms with E-state index < -0.39 is 0 Å². The third-order valence-electron chi connectivity index (χ3n) is 4.61. The van der Waals surface area contributed by atoms with Crippen LogP contribution in [0.25, 0.3) is 10.9 Å². The molecule has 1 amide bonds. The molecule has 0 aliphatic rings. The molecule has 0 saturated carbocycles. The molecule has 28 heavy (non-hydrogen) atoms. The Labute approximate surface area is 164 Å². The van der Waals surface area contributed by atoms with Crippen LogP contribution in [-0.4, -0.2) is 32.2 Å². The summed E-state index contributed by atoms with van der Waals surface area (Å²) in [4.78, 5) is 16.2. The second-order valence-electron chi connectivity index (χ2n) is 7.60. The Morgan fingerprint density at radius 1 is 0.929 bits per heavy atom. The van der Waals surface area contributed by atoms with Gasteiger partial charge in [0, 0.05) is 33.3 Å². The van der Waals surface area contributed by atoms with Gasteiger partial charge < -0.3 is 24.5 Å². The summed E-state index contributed by atoms with van der Waals surface area (Å²) in [6, 6.07) is 11.2. The number of rotatable bonds is 5. The number of aromatic amines is 1. The lowest BCUT2D eigenvalue weighted by Gasteiger charge is -2.15. The van der Waals surface area contributed by atoms with Gasteiger partial charge in [-0.3, -0.25) is 4.79 Å². The van der Waals surface area contributed by atoms with E-state index in [-0.39, 0.29) is 11.3 Å². The van der Waals surface area contributed by atoms with Crippen LogP contribution in [0.1, 0.15) is 36.8 Å². The van der Waals surface area contributed by atoms with Gasteiger partial charge in [0.1, 0.15) is 0 Å². The summed E-state index contributed by atoms with van der Waals surface area (Å²) in [6.45, 7) is 6.47. The van der Waals surface area contributed by atoms with E-state index in [4.69, 9.17) is 14.2 Å². The average Bonchev–Trinajstić information content (AvgIpc) is 3.10. The number of amides is 1. The highest BCUT2D eigenvalue weighted by Gasteiger charge is 2.18. The number of carbonyl (C=O) groups is 1. The molecule has 0 atom stereocenters. The van der Waals surface area contributed by atoms with E-state index in [1.807, 2.05) is 18.2 Å². The van der Waals surface area contributed by atoms with E-state index >= 15 is 0 Å². The largest absolute Gasteiger partial charge is 0.493 e. The number of hydrogen-bond acceptors (Lipinski definition) is 4. The lowest BCUT2D eigenvalue weighted by Crippen LogP contribution is -2.12. The summed E-state index contributed by atoms with van der Waals surface area (Å²) in [5.74, 6) is 1.06. The molecule has 0 bridgehead atoms. The quantitative estimate of drug-likeness (QED) is 0.668. The molecule has 2 aromatic carbocycles. The van der Waals surface area contributed by atoms with Gasteiger partial charge in [0.25, 0.3) is 5.91 Å². The summed E-state index contributed by atoms with van der Waals surface area (Å²) in [5, 5.41) is 3.98. The fourth-order valence-electron chi connectivity index (χ4n) is 3.03. The number of ether oxygens (including phenoxy) is 3. The maximum atomic E-state index is 12.8. The van der Waals surface area contributed by atoms with Crippen molar-refractivity contribution in [3.8, 4) is 17.2 Å². The number of fused-ring (bicyclic) bond motifs is 1. The first kappa shape index (κ1) is 19.6. The lowest BCUT2D eigenvalue weighted by molar-refractivity contribution is 0.102. The van der Waals surface area contributed by atoms with E-state index in [9.17, 15) is 4.79 Å². The Hall–Kier alpha value is -3.15. The van der Waals surface area contributed by atoms with Gasteiger partial charge in [-0.15, -0.1) is 0 Å². The Balaban J connectivity index is 1.90. The summed E-state index contributed by atoms with van der Waals surface area (Å²) >= 11 is 0. The molecule has 0 radical (unpaired) electrons. The molecule has 0 fully saturated rings. The number of methoxy groups -OCH3 is 3. The average molecular weight is 382 g/mol. The molecule has 0 aliphatic heterocycles. The first-order valence-electron chi connectivity index (χ1n) is 9.01. The van der Waals surface area contributed by atoms with Gasteiger partial charge in [-0.2, -0.15) is 0 Å². The van der Waals surface area contributed by atoms with Gasteiger partial charge >= 0.3 is 0 Å². The number of anilines is 1. The van der Waals surface area contributed by atoms with Crippen LogP contribution >= 0.6 is 0 Å². The highest BCUT2D eigenvalue weighted by atomic mass is 16.5. The van der Waals surface area contributed by atoms with Crippen molar-refractivity contribution in [2.75, 3.05) is 26.6 Å². The molecular weight excluding hydrogens is 356 g/mol. The fraction of sp³-hybridized carbons (Fsp3) is 0.318. The minimum absolute atomic E-state index is 0.0264. The van der Waals surface area contributed by atoms with Crippen molar-refractivity contribution in [2.24, 2.45) is 0 Å². The van der Waals surface area contributed by atoms with Crippen molar-refractivity contribution >= 4 is 22.5 Å². The predicted octanol–water partition coefficient (Wildman–Crippen LogP) is 4.74. The number of aromatic nitrogens is 1. The first-order chi connectivity index (χ1) is 13.3. The molecule has 6 nitrogen and oxygen atoms in total. The monoisotopic (exact) mass is 382 g/mol. The summed E-state index contributed by atoms with van der Waals surface area (Å²) < 4.78 is 15.9. The van der Waals surface area contributed by atoms with Crippen molar-refractivity contribution in [2.45, 2.75) is 26.2 Å². The van der Waals surface area contributed by atoms with E-state index in [1.165, 1.54) is 21.3 Å². The standard InChI is InChI=1S/C22H26N2O4/c1-22(2,3)19-12-13-9-15(7-8-16(13)24-19)23-21(25)14-10-17(26-4)20(28-6)18(11-14)27-5/h7-12,24H,1-6H3,(H,23,25). The van der Waals surface area contributed by atoms with Crippen molar-refractivity contribution in [3.63, 3.8) is 0 Å². The van der Waals surface area contributed by atoms with Crippen LogP contribution in [-0.2, 0) is 5.41 Å². The zero-order chi connectivity index (χ0) is 20.5. The number of hydrogen-bond donors (Lipinski definition) is 2. The minimum Gasteiger partial charge on any atom is -0.493 e. The lowest BCUT2D eigenvalue weighted by atomic mass is 9.92. The molecule has 0 spiro atoms. The maximum Gasteiger partial charge on any atom is 0.255 e. The molecule has 148 valence electrons. The van der Waals surface area contributed by atoms with E-state index in [2.05, 4.69) is 37.1 Å². The zero-order valence-corrected chi connectivity index (χ0v) is 17.1. The number of carbonyl (C=O) groups excluding carboxylic acids is 1. The first-order valence-corrected chi connectivity index (χ1v) is 9.01. The van der Waals surface area contributed by atoms with Crippen LogP contribution in [0.3, 0.4) is 0 Å². The third-order valence-corrected chi connectivity index (χ3v) is 4.61. The molecule has 2 N–H and O–H groups in total. The van der Waals surface area contributed by atoms with E-state index in [1.54, 1.807) is 12.1 Å². The number of benzene rings is 2. The van der Waals surface area contributed by atoms with Crippen LogP contribution in [0.5, 0.6) is 17.2 Å². The van der Waals surface area contributed by atoms with Crippen LogP contribution in [0, 0.1) is 0 Å². The van der Waals surface area contributed by atoms with Gasteiger partial charge in [0.05, 0.1) is 21.3 Å². The molecule has 0 aliphatic carbocycles. The second-order valence-corrected chi connectivity index (χ2v) is 7.60. The predicted molar refractivity (Wildman–Crippen MR) is 111 cm³/mol.